The summed E-state index contributed by atoms with van der Waals surface area (Å²) in [5.74, 6) is 0.704. The van der Waals surface area contributed by atoms with Crippen LogP contribution in [0.15, 0.2) is 24.3 Å². The van der Waals surface area contributed by atoms with Crippen molar-refractivity contribution in [3.8, 4) is 0 Å². The average molecular weight is 245 g/mol. The standard InChI is InChI=1S/C15H23N3/c1-4-18-15-8-6-5-7-13(15)14(17-18)9-10-16-11-12(2)3/h5-8,12,16H,4,9-11H2,1-3H3. The fourth-order valence-electron chi connectivity index (χ4n) is 2.22. The SMILES string of the molecule is CCn1nc(CCNCC(C)C)c2ccccc21. The van der Waals surface area contributed by atoms with E-state index in [2.05, 4.69) is 55.0 Å². The van der Waals surface area contributed by atoms with Crippen LogP contribution in [-0.4, -0.2) is 22.9 Å². The van der Waals surface area contributed by atoms with Crippen LogP contribution < -0.4 is 5.32 Å². The third-order valence-electron chi connectivity index (χ3n) is 3.13. The van der Waals surface area contributed by atoms with Crippen LogP contribution in [0.4, 0.5) is 0 Å². The summed E-state index contributed by atoms with van der Waals surface area (Å²) < 4.78 is 2.09. The minimum Gasteiger partial charge on any atom is -0.316 e. The van der Waals surface area contributed by atoms with Crippen LogP contribution in [0.1, 0.15) is 26.5 Å². The molecule has 0 atom stereocenters. The van der Waals surface area contributed by atoms with Crippen LogP contribution in [0, 0.1) is 5.92 Å². The first-order valence-electron chi connectivity index (χ1n) is 6.87. The van der Waals surface area contributed by atoms with Gasteiger partial charge in [0, 0.05) is 24.9 Å². The van der Waals surface area contributed by atoms with Crippen LogP contribution in [0.2, 0.25) is 0 Å². The summed E-state index contributed by atoms with van der Waals surface area (Å²) in [6, 6.07) is 8.50. The number of para-hydroxylation sites is 1. The smallest absolute Gasteiger partial charge is 0.0716 e. The monoisotopic (exact) mass is 245 g/mol. The van der Waals surface area contributed by atoms with Gasteiger partial charge in [0.15, 0.2) is 0 Å². The Morgan fingerprint density at radius 1 is 1.28 bits per heavy atom. The lowest BCUT2D eigenvalue weighted by Crippen LogP contribution is -2.22. The molecule has 0 aliphatic carbocycles. The molecule has 0 saturated carbocycles. The van der Waals surface area contributed by atoms with Crippen LogP contribution in [-0.2, 0) is 13.0 Å². The number of aryl methyl sites for hydroxylation is 1. The first-order valence-corrected chi connectivity index (χ1v) is 6.87. The second-order valence-electron chi connectivity index (χ2n) is 5.13. The van der Waals surface area contributed by atoms with E-state index in [1.165, 1.54) is 16.6 Å². The molecular weight excluding hydrogens is 222 g/mol. The molecule has 0 radical (unpaired) electrons. The van der Waals surface area contributed by atoms with Crippen molar-refractivity contribution >= 4 is 10.9 Å². The van der Waals surface area contributed by atoms with Crippen LogP contribution in [0.3, 0.4) is 0 Å². The predicted molar refractivity (Wildman–Crippen MR) is 76.8 cm³/mol. The number of nitrogens with one attached hydrogen (secondary N) is 1. The molecule has 0 unspecified atom stereocenters. The van der Waals surface area contributed by atoms with Gasteiger partial charge in [0.2, 0.25) is 0 Å². The molecule has 0 aliphatic heterocycles. The molecule has 0 amide bonds. The molecule has 0 aliphatic rings. The maximum Gasteiger partial charge on any atom is 0.0716 e. The van der Waals surface area contributed by atoms with Gasteiger partial charge in [-0.25, -0.2) is 0 Å². The highest BCUT2D eigenvalue weighted by molar-refractivity contribution is 5.81. The van der Waals surface area contributed by atoms with E-state index in [1.54, 1.807) is 0 Å². The molecule has 1 aromatic carbocycles. The lowest BCUT2D eigenvalue weighted by atomic mass is 10.1. The van der Waals surface area contributed by atoms with Gasteiger partial charge < -0.3 is 5.32 Å². The minimum absolute atomic E-state index is 0.704. The molecule has 3 heteroatoms. The van der Waals surface area contributed by atoms with Gasteiger partial charge >= 0.3 is 0 Å². The highest BCUT2D eigenvalue weighted by Crippen LogP contribution is 2.18. The summed E-state index contributed by atoms with van der Waals surface area (Å²) in [6.07, 6.45) is 1.00. The van der Waals surface area contributed by atoms with Crippen molar-refractivity contribution in [2.75, 3.05) is 13.1 Å². The molecule has 0 bridgehead atoms. The fraction of sp³-hybridized carbons (Fsp3) is 0.533. The molecular formula is C15H23N3. The summed E-state index contributed by atoms with van der Waals surface area (Å²) in [7, 11) is 0. The number of nitrogens with zero attached hydrogens (tertiary/aromatic N) is 2. The molecule has 1 aromatic heterocycles. The van der Waals surface area contributed by atoms with Crippen LogP contribution >= 0.6 is 0 Å². The second-order valence-corrected chi connectivity index (χ2v) is 5.13. The van der Waals surface area contributed by atoms with Crippen LogP contribution in [0.5, 0.6) is 0 Å². The highest BCUT2D eigenvalue weighted by Gasteiger charge is 2.08. The molecule has 0 fully saturated rings. The summed E-state index contributed by atoms with van der Waals surface area (Å²) in [5, 5.41) is 9.47. The highest BCUT2D eigenvalue weighted by atomic mass is 15.3. The normalized spacial score (nSPS) is 11.6. The Morgan fingerprint density at radius 2 is 2.06 bits per heavy atom. The Balaban J connectivity index is 2.08. The van der Waals surface area contributed by atoms with Gasteiger partial charge in [0.05, 0.1) is 11.2 Å². The maximum absolute atomic E-state index is 4.70. The Hall–Kier alpha value is -1.35. The van der Waals surface area contributed by atoms with Crippen molar-refractivity contribution in [2.45, 2.75) is 33.7 Å². The third kappa shape index (κ3) is 2.91. The average Bonchev–Trinajstić information content (AvgIpc) is 2.73. The van der Waals surface area contributed by atoms with E-state index < -0.39 is 0 Å². The van der Waals surface area contributed by atoms with Crippen molar-refractivity contribution in [2.24, 2.45) is 5.92 Å². The van der Waals surface area contributed by atoms with E-state index in [9.17, 15) is 0 Å². The molecule has 2 aromatic rings. The van der Waals surface area contributed by atoms with E-state index in [4.69, 9.17) is 5.10 Å². The van der Waals surface area contributed by atoms with E-state index in [-0.39, 0.29) is 0 Å². The quantitative estimate of drug-likeness (QED) is 0.793. The molecule has 2 rings (SSSR count). The minimum atomic E-state index is 0.704. The van der Waals surface area contributed by atoms with Crippen molar-refractivity contribution < 1.29 is 0 Å². The molecule has 3 nitrogen and oxygen atoms in total. The van der Waals surface area contributed by atoms with E-state index in [0.717, 1.165) is 26.1 Å². The van der Waals surface area contributed by atoms with Gasteiger partial charge in [0.1, 0.15) is 0 Å². The van der Waals surface area contributed by atoms with Gasteiger partial charge in [-0.15, -0.1) is 0 Å². The lowest BCUT2D eigenvalue weighted by Gasteiger charge is -2.05. The lowest BCUT2D eigenvalue weighted by molar-refractivity contribution is 0.550. The number of hydrogen-bond acceptors (Lipinski definition) is 2. The molecule has 0 saturated heterocycles. The zero-order chi connectivity index (χ0) is 13.0. The number of aromatic nitrogens is 2. The third-order valence-corrected chi connectivity index (χ3v) is 3.13. The first kappa shape index (κ1) is 13.1. The Bertz CT molecular complexity index is 499. The van der Waals surface area contributed by atoms with Crippen molar-refractivity contribution in [1.29, 1.82) is 0 Å². The number of benzene rings is 1. The van der Waals surface area contributed by atoms with E-state index >= 15 is 0 Å². The second kappa shape index (κ2) is 6.01. The topological polar surface area (TPSA) is 29.9 Å². The largest absolute Gasteiger partial charge is 0.316 e. The number of fused-ring (bicyclic) bond motifs is 1. The predicted octanol–water partition coefficient (Wildman–Crippen LogP) is 2.84. The van der Waals surface area contributed by atoms with Gasteiger partial charge in [-0.05, 0) is 25.5 Å². The van der Waals surface area contributed by atoms with Gasteiger partial charge in [0.25, 0.3) is 0 Å². The molecule has 1 N–H and O–H groups in total. The molecule has 0 spiro atoms. The summed E-state index contributed by atoms with van der Waals surface area (Å²) >= 11 is 0. The van der Waals surface area contributed by atoms with Crippen molar-refractivity contribution in [1.82, 2.24) is 15.1 Å². The van der Waals surface area contributed by atoms with E-state index in [0.29, 0.717) is 5.92 Å². The summed E-state index contributed by atoms with van der Waals surface area (Å²) in [6.45, 7) is 9.61. The van der Waals surface area contributed by atoms with Crippen molar-refractivity contribution in [3.63, 3.8) is 0 Å². The van der Waals surface area contributed by atoms with E-state index in [1.807, 2.05) is 0 Å². The van der Waals surface area contributed by atoms with Gasteiger partial charge in [-0.2, -0.15) is 5.10 Å². The Kier molecular flexibility index (Phi) is 4.37. The van der Waals surface area contributed by atoms with Gasteiger partial charge in [-0.3, -0.25) is 4.68 Å². The zero-order valence-electron chi connectivity index (χ0n) is 11.6. The Morgan fingerprint density at radius 3 is 2.78 bits per heavy atom. The molecule has 1 heterocycles. The van der Waals surface area contributed by atoms with Crippen LogP contribution in [0.25, 0.3) is 10.9 Å². The summed E-state index contributed by atoms with van der Waals surface area (Å²) in [4.78, 5) is 0. The maximum atomic E-state index is 4.70. The van der Waals surface area contributed by atoms with Crippen molar-refractivity contribution in [3.05, 3.63) is 30.0 Å². The fourth-order valence-corrected chi connectivity index (χ4v) is 2.22. The van der Waals surface area contributed by atoms with Gasteiger partial charge in [-0.1, -0.05) is 32.0 Å². The zero-order valence-corrected chi connectivity index (χ0v) is 11.6. The number of hydrogen-bond donors (Lipinski definition) is 1. The Labute approximate surface area is 109 Å². The molecule has 98 valence electrons. The number of rotatable bonds is 6. The first-order chi connectivity index (χ1) is 8.72. The summed E-state index contributed by atoms with van der Waals surface area (Å²) in [5.41, 5.74) is 2.46. The molecule has 18 heavy (non-hydrogen) atoms.